The monoisotopic (exact) mass is 284 g/mol. The van der Waals surface area contributed by atoms with E-state index in [0.29, 0.717) is 18.7 Å². The van der Waals surface area contributed by atoms with Crippen LogP contribution in [0.25, 0.3) is 0 Å². The van der Waals surface area contributed by atoms with E-state index in [9.17, 15) is 4.79 Å². The number of hydrogen-bond donors (Lipinski definition) is 2. The standard InChI is InChI=1S/C17H20N2O2/c1-21-12-16-7-3-2-6-15(16)11-19-10-13-5-4-8-14(9-13)17(18)20/h2-9,19H,10-12H2,1H3,(H2,18,20). The Morgan fingerprint density at radius 1 is 1.10 bits per heavy atom. The Hall–Kier alpha value is -2.17. The summed E-state index contributed by atoms with van der Waals surface area (Å²) in [5.74, 6) is -0.401. The van der Waals surface area contributed by atoms with Gasteiger partial charge in [-0.15, -0.1) is 0 Å². The van der Waals surface area contributed by atoms with Gasteiger partial charge in [0.25, 0.3) is 0 Å². The van der Waals surface area contributed by atoms with E-state index in [1.54, 1.807) is 13.2 Å². The maximum atomic E-state index is 11.2. The summed E-state index contributed by atoms with van der Waals surface area (Å²) < 4.78 is 5.20. The fraction of sp³-hybridized carbons (Fsp3) is 0.235. The Balaban J connectivity index is 1.95. The molecule has 0 atom stereocenters. The van der Waals surface area contributed by atoms with Crippen molar-refractivity contribution in [2.45, 2.75) is 19.7 Å². The van der Waals surface area contributed by atoms with Crippen molar-refractivity contribution in [3.8, 4) is 0 Å². The maximum absolute atomic E-state index is 11.2. The minimum Gasteiger partial charge on any atom is -0.380 e. The average Bonchev–Trinajstić information content (AvgIpc) is 2.49. The molecule has 2 rings (SSSR count). The molecule has 0 aliphatic heterocycles. The van der Waals surface area contributed by atoms with Gasteiger partial charge in [0, 0.05) is 25.8 Å². The molecule has 3 N–H and O–H groups in total. The van der Waals surface area contributed by atoms with Crippen molar-refractivity contribution in [1.29, 1.82) is 0 Å². The van der Waals surface area contributed by atoms with E-state index in [1.165, 1.54) is 11.1 Å². The summed E-state index contributed by atoms with van der Waals surface area (Å²) in [5.41, 5.74) is 9.25. The molecule has 0 fully saturated rings. The molecule has 110 valence electrons. The number of rotatable bonds is 7. The Labute approximate surface area is 124 Å². The summed E-state index contributed by atoms with van der Waals surface area (Å²) in [6, 6.07) is 15.5. The third kappa shape index (κ3) is 4.41. The number of carbonyl (C=O) groups excluding carboxylic acids is 1. The molecular formula is C17H20N2O2. The third-order valence-electron chi connectivity index (χ3n) is 3.27. The van der Waals surface area contributed by atoms with Gasteiger partial charge in [0.05, 0.1) is 6.61 Å². The van der Waals surface area contributed by atoms with Gasteiger partial charge >= 0.3 is 0 Å². The quantitative estimate of drug-likeness (QED) is 0.819. The molecule has 0 heterocycles. The number of hydrogen-bond acceptors (Lipinski definition) is 3. The number of nitrogens with two attached hydrogens (primary N) is 1. The van der Waals surface area contributed by atoms with Gasteiger partial charge in [-0.05, 0) is 28.8 Å². The number of carbonyl (C=O) groups is 1. The van der Waals surface area contributed by atoms with Crippen LogP contribution in [0.15, 0.2) is 48.5 Å². The number of benzene rings is 2. The summed E-state index contributed by atoms with van der Waals surface area (Å²) in [5, 5.41) is 3.38. The van der Waals surface area contributed by atoms with Crippen LogP contribution in [0.3, 0.4) is 0 Å². The second kappa shape index (κ2) is 7.57. The Kier molecular flexibility index (Phi) is 5.49. The van der Waals surface area contributed by atoms with E-state index in [-0.39, 0.29) is 0 Å². The lowest BCUT2D eigenvalue weighted by Gasteiger charge is -2.10. The highest BCUT2D eigenvalue weighted by Crippen LogP contribution is 2.10. The van der Waals surface area contributed by atoms with E-state index in [0.717, 1.165) is 12.1 Å². The normalized spacial score (nSPS) is 10.5. The smallest absolute Gasteiger partial charge is 0.248 e. The van der Waals surface area contributed by atoms with E-state index in [1.807, 2.05) is 30.3 Å². The fourth-order valence-corrected chi connectivity index (χ4v) is 2.20. The van der Waals surface area contributed by atoms with Crippen molar-refractivity contribution in [3.05, 3.63) is 70.8 Å². The van der Waals surface area contributed by atoms with Gasteiger partial charge in [-0.25, -0.2) is 0 Å². The van der Waals surface area contributed by atoms with Crippen molar-refractivity contribution in [3.63, 3.8) is 0 Å². The molecule has 4 heteroatoms. The van der Waals surface area contributed by atoms with Gasteiger partial charge in [0.1, 0.15) is 0 Å². The highest BCUT2D eigenvalue weighted by molar-refractivity contribution is 5.92. The first-order valence-electron chi connectivity index (χ1n) is 6.86. The van der Waals surface area contributed by atoms with Gasteiger partial charge in [-0.1, -0.05) is 36.4 Å². The topological polar surface area (TPSA) is 64.3 Å². The van der Waals surface area contributed by atoms with Crippen LogP contribution in [0.5, 0.6) is 0 Å². The number of amides is 1. The van der Waals surface area contributed by atoms with E-state index in [4.69, 9.17) is 10.5 Å². The lowest BCUT2D eigenvalue weighted by molar-refractivity contribution is 0.1000. The minimum atomic E-state index is -0.401. The SMILES string of the molecule is COCc1ccccc1CNCc1cccc(C(N)=O)c1. The minimum absolute atomic E-state index is 0.401. The van der Waals surface area contributed by atoms with Crippen molar-refractivity contribution >= 4 is 5.91 Å². The van der Waals surface area contributed by atoms with Gasteiger partial charge < -0.3 is 15.8 Å². The molecule has 0 aromatic heterocycles. The zero-order chi connectivity index (χ0) is 15.1. The molecule has 1 amide bonds. The Morgan fingerprint density at radius 2 is 1.86 bits per heavy atom. The van der Waals surface area contributed by atoms with Gasteiger partial charge in [0.15, 0.2) is 0 Å². The molecule has 0 saturated carbocycles. The van der Waals surface area contributed by atoms with Crippen LogP contribution in [0.4, 0.5) is 0 Å². The van der Waals surface area contributed by atoms with Crippen LogP contribution in [-0.4, -0.2) is 13.0 Å². The molecule has 0 unspecified atom stereocenters. The molecule has 0 radical (unpaired) electrons. The van der Waals surface area contributed by atoms with E-state index >= 15 is 0 Å². The number of ether oxygens (including phenoxy) is 1. The predicted octanol–water partition coefficient (Wildman–Crippen LogP) is 2.22. The number of primary amides is 1. The lowest BCUT2D eigenvalue weighted by atomic mass is 10.1. The van der Waals surface area contributed by atoms with Crippen LogP contribution in [-0.2, 0) is 24.4 Å². The lowest BCUT2D eigenvalue weighted by Crippen LogP contribution is -2.15. The molecule has 0 aliphatic rings. The largest absolute Gasteiger partial charge is 0.380 e. The van der Waals surface area contributed by atoms with Crippen LogP contribution in [0, 0.1) is 0 Å². The molecule has 21 heavy (non-hydrogen) atoms. The molecule has 2 aromatic carbocycles. The zero-order valence-electron chi connectivity index (χ0n) is 12.1. The maximum Gasteiger partial charge on any atom is 0.248 e. The highest BCUT2D eigenvalue weighted by atomic mass is 16.5. The second-order valence-corrected chi connectivity index (χ2v) is 4.87. The number of nitrogens with one attached hydrogen (secondary N) is 1. The first-order valence-corrected chi connectivity index (χ1v) is 6.86. The van der Waals surface area contributed by atoms with Gasteiger partial charge in [0.2, 0.25) is 5.91 Å². The summed E-state index contributed by atoms with van der Waals surface area (Å²) in [6.07, 6.45) is 0. The van der Waals surface area contributed by atoms with Gasteiger partial charge in [-0.3, -0.25) is 4.79 Å². The summed E-state index contributed by atoms with van der Waals surface area (Å²) in [7, 11) is 1.69. The highest BCUT2D eigenvalue weighted by Gasteiger charge is 2.03. The van der Waals surface area contributed by atoms with Crippen molar-refractivity contribution in [1.82, 2.24) is 5.32 Å². The molecule has 0 aliphatic carbocycles. The summed E-state index contributed by atoms with van der Waals surface area (Å²) >= 11 is 0. The van der Waals surface area contributed by atoms with Crippen molar-refractivity contribution < 1.29 is 9.53 Å². The van der Waals surface area contributed by atoms with Crippen molar-refractivity contribution in [2.24, 2.45) is 5.73 Å². The summed E-state index contributed by atoms with van der Waals surface area (Å²) in [6.45, 7) is 2.04. The van der Waals surface area contributed by atoms with Crippen LogP contribution in [0.1, 0.15) is 27.0 Å². The fourth-order valence-electron chi connectivity index (χ4n) is 2.20. The average molecular weight is 284 g/mol. The van der Waals surface area contributed by atoms with E-state index < -0.39 is 5.91 Å². The molecular weight excluding hydrogens is 264 g/mol. The first kappa shape index (κ1) is 15.2. The van der Waals surface area contributed by atoms with Crippen LogP contribution < -0.4 is 11.1 Å². The first-order chi connectivity index (χ1) is 10.2. The third-order valence-corrected chi connectivity index (χ3v) is 3.27. The van der Waals surface area contributed by atoms with Crippen LogP contribution in [0.2, 0.25) is 0 Å². The van der Waals surface area contributed by atoms with E-state index in [2.05, 4.69) is 17.4 Å². The van der Waals surface area contributed by atoms with Crippen LogP contribution >= 0.6 is 0 Å². The Morgan fingerprint density at radius 3 is 2.57 bits per heavy atom. The molecule has 0 saturated heterocycles. The molecule has 0 bridgehead atoms. The van der Waals surface area contributed by atoms with Crippen molar-refractivity contribution in [2.75, 3.05) is 7.11 Å². The second-order valence-electron chi connectivity index (χ2n) is 4.87. The van der Waals surface area contributed by atoms with Gasteiger partial charge in [-0.2, -0.15) is 0 Å². The molecule has 0 spiro atoms. The zero-order valence-corrected chi connectivity index (χ0v) is 12.1. The number of methoxy groups -OCH3 is 1. The summed E-state index contributed by atoms with van der Waals surface area (Å²) in [4.78, 5) is 11.2. The molecule has 4 nitrogen and oxygen atoms in total. The molecule has 2 aromatic rings. The predicted molar refractivity (Wildman–Crippen MR) is 82.7 cm³/mol. The Bertz CT molecular complexity index is 611.